The van der Waals surface area contributed by atoms with E-state index in [-0.39, 0.29) is 5.60 Å². The monoisotopic (exact) mass is 254 g/mol. The summed E-state index contributed by atoms with van der Waals surface area (Å²) in [6.07, 6.45) is 4.45. The van der Waals surface area contributed by atoms with Crippen LogP contribution >= 0.6 is 0 Å². The van der Waals surface area contributed by atoms with Gasteiger partial charge >= 0.3 is 0 Å². The first kappa shape index (κ1) is 12.9. The van der Waals surface area contributed by atoms with E-state index in [9.17, 15) is 10.2 Å². The largest absolute Gasteiger partial charge is 0.390 e. The third-order valence-corrected chi connectivity index (χ3v) is 6.15. The zero-order chi connectivity index (χ0) is 13.4. The van der Waals surface area contributed by atoms with E-state index < -0.39 is 16.8 Å². The number of fused-ring (bicyclic) bond motifs is 1. The predicted octanol–water partition coefficient (Wildman–Crippen LogP) is 2.25. The van der Waals surface area contributed by atoms with Gasteiger partial charge in [0.15, 0.2) is 0 Å². The fourth-order valence-corrected chi connectivity index (χ4v) is 4.80. The minimum Gasteiger partial charge on any atom is -0.390 e. The van der Waals surface area contributed by atoms with Crippen LogP contribution in [0.3, 0.4) is 0 Å². The molecule has 0 aromatic rings. The molecule has 3 aliphatic rings. The first-order chi connectivity index (χ1) is 8.10. The molecule has 3 rings (SSSR count). The Balaban J connectivity index is 2.05. The standard InChI is InChI=1S/C15H26O3/c1-12(2,16)15-8-7-13(3,17)10-5-6-14(4,18-15)11(10)9-15/h10-11,16-17H,5-9H2,1-4H3/t10-,11-,13+,14+,15+/m0/s1. The van der Waals surface area contributed by atoms with Crippen LogP contribution in [0, 0.1) is 11.8 Å². The topological polar surface area (TPSA) is 49.7 Å². The second-order valence-corrected chi connectivity index (χ2v) is 7.78. The Morgan fingerprint density at radius 3 is 2.39 bits per heavy atom. The van der Waals surface area contributed by atoms with Crippen LogP contribution in [0.5, 0.6) is 0 Å². The van der Waals surface area contributed by atoms with Crippen LogP contribution in [-0.2, 0) is 4.74 Å². The van der Waals surface area contributed by atoms with Crippen LogP contribution < -0.4 is 0 Å². The highest BCUT2D eigenvalue weighted by atomic mass is 16.5. The predicted molar refractivity (Wildman–Crippen MR) is 69.2 cm³/mol. The minimum atomic E-state index is -0.842. The van der Waals surface area contributed by atoms with Crippen LogP contribution in [-0.4, -0.2) is 32.6 Å². The van der Waals surface area contributed by atoms with Gasteiger partial charge in [0.2, 0.25) is 0 Å². The smallest absolute Gasteiger partial charge is 0.0975 e. The Hall–Kier alpha value is -0.120. The van der Waals surface area contributed by atoms with Gasteiger partial charge < -0.3 is 14.9 Å². The molecule has 3 nitrogen and oxygen atoms in total. The SMILES string of the molecule is CC(C)(O)[C@]12CC[C@@](C)(O)[C@H]3CC[C@@](C)(O1)[C@H]3C2. The lowest BCUT2D eigenvalue weighted by molar-refractivity contribution is -0.199. The molecule has 2 bridgehead atoms. The van der Waals surface area contributed by atoms with Crippen molar-refractivity contribution >= 4 is 0 Å². The molecule has 2 saturated carbocycles. The summed E-state index contributed by atoms with van der Waals surface area (Å²) >= 11 is 0. The fraction of sp³-hybridized carbons (Fsp3) is 1.00. The highest BCUT2D eigenvalue weighted by Crippen LogP contribution is 2.63. The third kappa shape index (κ3) is 1.47. The molecule has 104 valence electrons. The van der Waals surface area contributed by atoms with Crippen molar-refractivity contribution in [3.05, 3.63) is 0 Å². The molecule has 2 aliphatic carbocycles. The quantitative estimate of drug-likeness (QED) is 0.754. The van der Waals surface area contributed by atoms with Crippen molar-refractivity contribution in [2.24, 2.45) is 11.8 Å². The van der Waals surface area contributed by atoms with Gasteiger partial charge in [-0.25, -0.2) is 0 Å². The van der Waals surface area contributed by atoms with E-state index in [1.165, 1.54) is 0 Å². The third-order valence-electron chi connectivity index (χ3n) is 6.15. The van der Waals surface area contributed by atoms with E-state index in [0.29, 0.717) is 11.8 Å². The molecule has 3 fully saturated rings. The lowest BCUT2D eigenvalue weighted by Crippen LogP contribution is -2.52. The molecular formula is C15H26O3. The lowest BCUT2D eigenvalue weighted by Gasteiger charge is -2.43. The Bertz CT molecular complexity index is 370. The molecule has 2 N–H and O–H groups in total. The second kappa shape index (κ2) is 3.31. The van der Waals surface area contributed by atoms with Gasteiger partial charge in [-0.15, -0.1) is 0 Å². The van der Waals surface area contributed by atoms with Gasteiger partial charge in [0.05, 0.1) is 22.4 Å². The van der Waals surface area contributed by atoms with Crippen LogP contribution in [0.2, 0.25) is 0 Å². The van der Waals surface area contributed by atoms with E-state index in [1.807, 2.05) is 20.8 Å². The van der Waals surface area contributed by atoms with Gasteiger partial charge in [-0.05, 0) is 71.6 Å². The summed E-state index contributed by atoms with van der Waals surface area (Å²) in [6, 6.07) is 0. The number of ether oxygens (including phenoxy) is 1. The number of hydrogen-bond donors (Lipinski definition) is 2. The van der Waals surface area contributed by atoms with Crippen molar-refractivity contribution in [2.45, 2.75) is 82.2 Å². The van der Waals surface area contributed by atoms with E-state index in [4.69, 9.17) is 4.74 Å². The van der Waals surface area contributed by atoms with E-state index in [1.54, 1.807) is 0 Å². The molecule has 0 spiro atoms. The van der Waals surface area contributed by atoms with Gasteiger partial charge in [-0.1, -0.05) is 0 Å². The highest BCUT2D eigenvalue weighted by Gasteiger charge is 2.67. The Labute approximate surface area is 110 Å². The summed E-state index contributed by atoms with van der Waals surface area (Å²) in [4.78, 5) is 0. The van der Waals surface area contributed by atoms with Gasteiger partial charge in [0.1, 0.15) is 0 Å². The molecule has 1 heterocycles. The Morgan fingerprint density at radius 1 is 1.11 bits per heavy atom. The molecule has 0 aromatic heterocycles. The van der Waals surface area contributed by atoms with Crippen LogP contribution in [0.1, 0.15) is 59.8 Å². The average Bonchev–Trinajstić information content (AvgIpc) is 2.61. The summed E-state index contributed by atoms with van der Waals surface area (Å²) < 4.78 is 6.43. The van der Waals surface area contributed by atoms with Crippen molar-refractivity contribution in [3.63, 3.8) is 0 Å². The first-order valence-corrected chi connectivity index (χ1v) is 7.25. The Morgan fingerprint density at radius 2 is 1.78 bits per heavy atom. The van der Waals surface area contributed by atoms with Crippen LogP contribution in [0.25, 0.3) is 0 Å². The minimum absolute atomic E-state index is 0.144. The maximum Gasteiger partial charge on any atom is 0.0975 e. The highest BCUT2D eigenvalue weighted by molar-refractivity contribution is 5.16. The molecular weight excluding hydrogens is 228 g/mol. The van der Waals surface area contributed by atoms with Gasteiger partial charge in [0, 0.05) is 0 Å². The average molecular weight is 254 g/mol. The molecule has 5 atom stereocenters. The van der Waals surface area contributed by atoms with Crippen LogP contribution in [0.15, 0.2) is 0 Å². The van der Waals surface area contributed by atoms with E-state index in [0.717, 1.165) is 32.1 Å². The van der Waals surface area contributed by atoms with Gasteiger partial charge in [-0.2, -0.15) is 0 Å². The molecule has 18 heavy (non-hydrogen) atoms. The zero-order valence-electron chi connectivity index (χ0n) is 12.0. The second-order valence-electron chi connectivity index (χ2n) is 7.78. The lowest BCUT2D eigenvalue weighted by atomic mass is 9.76. The summed E-state index contributed by atoms with van der Waals surface area (Å²) in [5.74, 6) is 0.718. The van der Waals surface area contributed by atoms with E-state index >= 15 is 0 Å². The summed E-state index contributed by atoms with van der Waals surface area (Å²) in [6.45, 7) is 7.85. The molecule has 0 aromatic carbocycles. The summed E-state index contributed by atoms with van der Waals surface area (Å²) in [5.41, 5.74) is -2.05. The molecule has 0 amide bonds. The molecule has 1 aliphatic heterocycles. The maximum atomic E-state index is 10.7. The molecule has 0 radical (unpaired) electrons. The first-order valence-electron chi connectivity index (χ1n) is 7.25. The van der Waals surface area contributed by atoms with E-state index in [2.05, 4.69) is 6.92 Å². The summed E-state index contributed by atoms with van der Waals surface area (Å²) in [5, 5.41) is 21.3. The Kier molecular flexibility index (Phi) is 2.37. The number of rotatable bonds is 1. The maximum absolute atomic E-state index is 10.7. The van der Waals surface area contributed by atoms with Crippen molar-refractivity contribution < 1.29 is 14.9 Å². The van der Waals surface area contributed by atoms with Crippen molar-refractivity contribution in [1.82, 2.24) is 0 Å². The van der Waals surface area contributed by atoms with Crippen LogP contribution in [0.4, 0.5) is 0 Å². The molecule has 3 heteroatoms. The van der Waals surface area contributed by atoms with Crippen molar-refractivity contribution in [2.75, 3.05) is 0 Å². The molecule has 0 unspecified atom stereocenters. The van der Waals surface area contributed by atoms with Gasteiger partial charge in [0.25, 0.3) is 0 Å². The van der Waals surface area contributed by atoms with Crippen molar-refractivity contribution in [1.29, 1.82) is 0 Å². The fourth-order valence-electron chi connectivity index (χ4n) is 4.80. The van der Waals surface area contributed by atoms with Gasteiger partial charge in [-0.3, -0.25) is 0 Å². The zero-order valence-corrected chi connectivity index (χ0v) is 12.0. The normalized spacial score (nSPS) is 55.7. The summed E-state index contributed by atoms with van der Waals surface area (Å²) in [7, 11) is 0. The van der Waals surface area contributed by atoms with Crippen molar-refractivity contribution in [3.8, 4) is 0 Å². The number of aliphatic hydroxyl groups is 2. The number of hydrogen-bond acceptors (Lipinski definition) is 3. The molecule has 1 saturated heterocycles.